The molecule has 0 spiro atoms. The number of rotatable bonds is 5. The molecule has 0 radical (unpaired) electrons. The average molecular weight is 213 g/mol. The highest BCUT2D eigenvalue weighted by Gasteiger charge is 2.08. The number of nitrogens with one attached hydrogen (secondary N) is 1. The highest BCUT2D eigenvalue weighted by molar-refractivity contribution is 7.10. The second kappa shape index (κ2) is 5.20. The molecule has 2 unspecified atom stereocenters. The molecule has 1 rings (SSSR count). The second-order valence-corrected chi connectivity index (χ2v) is 4.72. The van der Waals surface area contributed by atoms with Crippen molar-refractivity contribution in [1.82, 2.24) is 4.37 Å². The number of anilines is 2. The average Bonchev–Trinajstić information content (AvgIpc) is 2.50. The van der Waals surface area contributed by atoms with Gasteiger partial charge >= 0.3 is 0 Å². The zero-order valence-corrected chi connectivity index (χ0v) is 9.90. The molecular formula is C10H19N3S. The molecule has 1 aromatic rings. The van der Waals surface area contributed by atoms with Crippen LogP contribution < -0.4 is 11.1 Å². The van der Waals surface area contributed by atoms with Gasteiger partial charge in [-0.15, -0.1) is 0 Å². The van der Waals surface area contributed by atoms with Gasteiger partial charge in [0.25, 0.3) is 0 Å². The first-order valence-corrected chi connectivity index (χ1v) is 5.87. The lowest BCUT2D eigenvalue weighted by atomic mass is 10.0. The number of nitrogens with zero attached hydrogens (tertiary/aromatic N) is 1. The summed E-state index contributed by atoms with van der Waals surface area (Å²) in [4.78, 5) is 0. The third-order valence-electron chi connectivity index (χ3n) is 2.37. The normalized spacial score (nSPS) is 15.1. The van der Waals surface area contributed by atoms with Crippen molar-refractivity contribution in [3.05, 3.63) is 6.07 Å². The van der Waals surface area contributed by atoms with E-state index in [0.717, 1.165) is 10.9 Å². The first-order valence-electron chi connectivity index (χ1n) is 5.10. The monoisotopic (exact) mass is 213 g/mol. The van der Waals surface area contributed by atoms with E-state index in [-0.39, 0.29) is 0 Å². The van der Waals surface area contributed by atoms with Crippen molar-refractivity contribution in [2.24, 2.45) is 5.92 Å². The van der Waals surface area contributed by atoms with E-state index in [1.807, 2.05) is 6.07 Å². The van der Waals surface area contributed by atoms with E-state index >= 15 is 0 Å². The van der Waals surface area contributed by atoms with E-state index in [9.17, 15) is 0 Å². The Morgan fingerprint density at radius 3 is 2.79 bits per heavy atom. The van der Waals surface area contributed by atoms with Crippen molar-refractivity contribution in [2.45, 2.75) is 39.7 Å². The highest BCUT2D eigenvalue weighted by Crippen LogP contribution is 2.20. The summed E-state index contributed by atoms with van der Waals surface area (Å²) in [6.07, 6.45) is 2.42. The number of hydrogen-bond acceptors (Lipinski definition) is 4. The van der Waals surface area contributed by atoms with Gasteiger partial charge in [0.2, 0.25) is 0 Å². The first kappa shape index (κ1) is 11.3. The lowest BCUT2D eigenvalue weighted by Gasteiger charge is -2.16. The molecule has 2 atom stereocenters. The van der Waals surface area contributed by atoms with E-state index < -0.39 is 0 Å². The summed E-state index contributed by atoms with van der Waals surface area (Å²) in [6.45, 7) is 6.70. The van der Waals surface area contributed by atoms with E-state index in [1.165, 1.54) is 24.4 Å². The Labute approximate surface area is 89.9 Å². The van der Waals surface area contributed by atoms with Crippen LogP contribution >= 0.6 is 11.5 Å². The summed E-state index contributed by atoms with van der Waals surface area (Å²) in [5.74, 6) is 1.37. The molecule has 3 N–H and O–H groups in total. The fourth-order valence-corrected chi connectivity index (χ4v) is 2.11. The Morgan fingerprint density at radius 1 is 1.57 bits per heavy atom. The molecule has 0 aliphatic heterocycles. The summed E-state index contributed by atoms with van der Waals surface area (Å²) in [7, 11) is 0. The van der Waals surface area contributed by atoms with Gasteiger partial charge in [-0.25, -0.2) is 0 Å². The van der Waals surface area contributed by atoms with Crippen LogP contribution in [0.4, 0.5) is 10.8 Å². The smallest absolute Gasteiger partial charge is 0.139 e. The van der Waals surface area contributed by atoms with E-state index in [2.05, 4.69) is 30.5 Å². The van der Waals surface area contributed by atoms with Crippen LogP contribution in [-0.2, 0) is 0 Å². The van der Waals surface area contributed by atoms with Crippen LogP contribution in [0.25, 0.3) is 0 Å². The standard InChI is InChI=1S/C10H19N3S/c1-4-7(2)5-8(3)12-10-6-9(11)13-14-10/h6-8,12H,4-5H2,1-3H3,(H2,11,13). The molecule has 0 aliphatic carbocycles. The number of aromatic nitrogens is 1. The zero-order chi connectivity index (χ0) is 10.6. The molecule has 0 amide bonds. The van der Waals surface area contributed by atoms with E-state index in [4.69, 9.17) is 5.73 Å². The van der Waals surface area contributed by atoms with Crippen LogP contribution in [-0.4, -0.2) is 10.4 Å². The van der Waals surface area contributed by atoms with Crippen LogP contribution in [0.2, 0.25) is 0 Å². The predicted octanol–water partition coefficient (Wildman–Crippen LogP) is 2.96. The van der Waals surface area contributed by atoms with Gasteiger partial charge in [-0.3, -0.25) is 0 Å². The number of nitrogen functional groups attached to an aromatic ring is 1. The Kier molecular flexibility index (Phi) is 4.20. The van der Waals surface area contributed by atoms with Gasteiger partial charge in [-0.1, -0.05) is 20.3 Å². The molecule has 1 aromatic heterocycles. The summed E-state index contributed by atoms with van der Waals surface area (Å²) < 4.78 is 4.03. The summed E-state index contributed by atoms with van der Waals surface area (Å²) in [5, 5.41) is 4.47. The third kappa shape index (κ3) is 3.54. The highest BCUT2D eigenvalue weighted by atomic mass is 32.1. The Morgan fingerprint density at radius 2 is 2.29 bits per heavy atom. The van der Waals surface area contributed by atoms with Crippen LogP contribution in [0.15, 0.2) is 6.07 Å². The van der Waals surface area contributed by atoms with Crippen molar-refractivity contribution in [3.63, 3.8) is 0 Å². The van der Waals surface area contributed by atoms with Gasteiger partial charge < -0.3 is 11.1 Å². The van der Waals surface area contributed by atoms with E-state index in [0.29, 0.717) is 11.9 Å². The molecule has 3 nitrogen and oxygen atoms in total. The van der Waals surface area contributed by atoms with Crippen molar-refractivity contribution >= 4 is 22.4 Å². The van der Waals surface area contributed by atoms with Gasteiger partial charge in [0.1, 0.15) is 10.8 Å². The van der Waals surface area contributed by atoms with Crippen molar-refractivity contribution in [1.29, 1.82) is 0 Å². The van der Waals surface area contributed by atoms with Crippen LogP contribution in [0.1, 0.15) is 33.6 Å². The molecule has 1 heterocycles. The van der Waals surface area contributed by atoms with Crippen molar-refractivity contribution < 1.29 is 0 Å². The lowest BCUT2D eigenvalue weighted by Crippen LogP contribution is -2.17. The number of nitrogens with two attached hydrogens (primary N) is 1. The van der Waals surface area contributed by atoms with Crippen LogP contribution in [0.3, 0.4) is 0 Å². The second-order valence-electron chi connectivity index (χ2n) is 3.91. The maximum absolute atomic E-state index is 5.54. The van der Waals surface area contributed by atoms with Crippen LogP contribution in [0, 0.1) is 5.92 Å². The number of hydrogen-bond donors (Lipinski definition) is 2. The fraction of sp³-hybridized carbons (Fsp3) is 0.700. The van der Waals surface area contributed by atoms with Crippen molar-refractivity contribution in [3.8, 4) is 0 Å². The third-order valence-corrected chi connectivity index (χ3v) is 3.10. The van der Waals surface area contributed by atoms with Crippen LogP contribution in [0.5, 0.6) is 0 Å². The Balaban J connectivity index is 2.37. The Hall–Kier alpha value is -0.770. The molecule has 0 saturated carbocycles. The van der Waals surface area contributed by atoms with Crippen molar-refractivity contribution in [2.75, 3.05) is 11.1 Å². The first-order chi connectivity index (χ1) is 6.61. The molecule has 4 heteroatoms. The maximum atomic E-state index is 5.54. The molecule has 80 valence electrons. The molecule has 0 aromatic carbocycles. The zero-order valence-electron chi connectivity index (χ0n) is 9.08. The molecule has 0 aliphatic rings. The van der Waals surface area contributed by atoms with E-state index in [1.54, 1.807) is 0 Å². The minimum atomic E-state index is 0.491. The Bertz CT molecular complexity index is 272. The summed E-state index contributed by atoms with van der Waals surface area (Å²) >= 11 is 1.43. The summed E-state index contributed by atoms with van der Waals surface area (Å²) in [6, 6.07) is 2.38. The predicted molar refractivity (Wildman–Crippen MR) is 63.7 cm³/mol. The molecule has 0 saturated heterocycles. The SMILES string of the molecule is CCC(C)CC(C)Nc1cc(N)ns1. The summed E-state index contributed by atoms with van der Waals surface area (Å²) in [5.41, 5.74) is 5.54. The maximum Gasteiger partial charge on any atom is 0.139 e. The molecule has 0 bridgehead atoms. The largest absolute Gasteiger partial charge is 0.383 e. The molecular weight excluding hydrogens is 194 g/mol. The van der Waals surface area contributed by atoms with Gasteiger partial charge in [-0.05, 0) is 30.8 Å². The molecule has 14 heavy (non-hydrogen) atoms. The minimum absolute atomic E-state index is 0.491. The fourth-order valence-electron chi connectivity index (χ4n) is 1.43. The van der Waals surface area contributed by atoms with Gasteiger partial charge in [0, 0.05) is 12.1 Å². The van der Waals surface area contributed by atoms with Gasteiger partial charge in [0.05, 0.1) is 0 Å². The quantitative estimate of drug-likeness (QED) is 0.790. The molecule has 0 fully saturated rings. The topological polar surface area (TPSA) is 50.9 Å². The van der Waals surface area contributed by atoms with Gasteiger partial charge in [-0.2, -0.15) is 4.37 Å². The minimum Gasteiger partial charge on any atom is -0.383 e. The lowest BCUT2D eigenvalue weighted by molar-refractivity contribution is 0.484. The van der Waals surface area contributed by atoms with Gasteiger partial charge in [0.15, 0.2) is 0 Å².